The topological polar surface area (TPSA) is 62.3 Å². The van der Waals surface area contributed by atoms with E-state index in [9.17, 15) is 9.59 Å². The molecule has 5 nitrogen and oxygen atoms in total. The van der Waals surface area contributed by atoms with Crippen LogP contribution in [0, 0.1) is 13.8 Å². The first-order chi connectivity index (χ1) is 9.04. The van der Waals surface area contributed by atoms with Gasteiger partial charge in [-0.2, -0.15) is 0 Å². The predicted octanol–water partition coefficient (Wildman–Crippen LogP) is 1.05. The average Bonchev–Trinajstić information content (AvgIpc) is 2.80. The maximum absolute atomic E-state index is 12.5. The number of amides is 2. The maximum atomic E-state index is 12.5. The van der Waals surface area contributed by atoms with Gasteiger partial charge in [0.1, 0.15) is 11.7 Å². The van der Waals surface area contributed by atoms with Crippen LogP contribution in [0.2, 0.25) is 0 Å². The molecule has 1 saturated heterocycles. The second-order valence-electron chi connectivity index (χ2n) is 4.84. The van der Waals surface area contributed by atoms with Crippen LogP contribution >= 0.6 is 0 Å². The fourth-order valence-corrected chi connectivity index (χ4v) is 2.27. The van der Waals surface area contributed by atoms with Crippen LogP contribution in [0.15, 0.2) is 12.3 Å². The third-order valence-corrected chi connectivity index (χ3v) is 3.59. The molecule has 2 rings (SSSR count). The van der Waals surface area contributed by atoms with E-state index in [1.165, 1.54) is 0 Å². The number of pyridine rings is 1. The number of aryl methyl sites for hydroxylation is 2. The minimum atomic E-state index is -0.360. The number of hydrogen-bond donors (Lipinski definition) is 1. The molecule has 1 aliphatic heterocycles. The van der Waals surface area contributed by atoms with Crippen molar-refractivity contribution < 1.29 is 9.59 Å². The standard InChI is InChI=1S/C14H19N3O2/c1-4-17(12-5-6-15-13(12)18)14(19)11-7-9(2)10(3)8-16-11/h7-8,12H,4-6H2,1-3H3,(H,15,18). The van der Waals surface area contributed by atoms with E-state index in [4.69, 9.17) is 0 Å². The summed E-state index contributed by atoms with van der Waals surface area (Å²) in [5.74, 6) is -0.244. The zero-order valence-corrected chi connectivity index (χ0v) is 11.6. The molecule has 0 spiro atoms. The van der Waals surface area contributed by atoms with Crippen molar-refractivity contribution in [3.05, 3.63) is 29.1 Å². The summed E-state index contributed by atoms with van der Waals surface area (Å²) in [5.41, 5.74) is 2.49. The van der Waals surface area contributed by atoms with Crippen molar-refractivity contribution in [1.82, 2.24) is 15.2 Å². The van der Waals surface area contributed by atoms with Crippen LogP contribution in [0.25, 0.3) is 0 Å². The van der Waals surface area contributed by atoms with Gasteiger partial charge in [-0.3, -0.25) is 14.6 Å². The Bertz CT molecular complexity index is 513. The number of aromatic nitrogens is 1. The van der Waals surface area contributed by atoms with Gasteiger partial charge in [-0.1, -0.05) is 0 Å². The molecule has 19 heavy (non-hydrogen) atoms. The molecule has 1 atom stereocenters. The van der Waals surface area contributed by atoms with Gasteiger partial charge in [0.15, 0.2) is 0 Å². The fraction of sp³-hybridized carbons (Fsp3) is 0.500. The summed E-state index contributed by atoms with van der Waals surface area (Å²) in [6.07, 6.45) is 2.37. The maximum Gasteiger partial charge on any atom is 0.273 e. The SMILES string of the molecule is CCN(C(=O)c1cc(C)c(C)cn1)C1CCNC1=O. The van der Waals surface area contributed by atoms with E-state index in [0.29, 0.717) is 25.2 Å². The van der Waals surface area contributed by atoms with Crippen molar-refractivity contribution in [2.45, 2.75) is 33.2 Å². The average molecular weight is 261 g/mol. The lowest BCUT2D eigenvalue weighted by atomic mass is 10.1. The second-order valence-corrected chi connectivity index (χ2v) is 4.84. The van der Waals surface area contributed by atoms with Crippen molar-refractivity contribution in [3.63, 3.8) is 0 Å². The molecule has 0 saturated carbocycles. The lowest BCUT2D eigenvalue weighted by molar-refractivity contribution is -0.123. The molecule has 1 N–H and O–H groups in total. The van der Waals surface area contributed by atoms with E-state index in [1.807, 2.05) is 20.8 Å². The van der Waals surface area contributed by atoms with E-state index >= 15 is 0 Å². The van der Waals surface area contributed by atoms with Gasteiger partial charge in [0.2, 0.25) is 5.91 Å². The molecule has 1 aromatic rings. The Kier molecular flexibility index (Phi) is 3.83. The van der Waals surface area contributed by atoms with E-state index in [1.54, 1.807) is 17.2 Å². The number of likely N-dealkylation sites (N-methyl/N-ethyl adjacent to an activating group) is 1. The van der Waals surface area contributed by atoms with Crippen molar-refractivity contribution in [2.24, 2.45) is 0 Å². The largest absolute Gasteiger partial charge is 0.354 e. The van der Waals surface area contributed by atoms with Crippen LogP contribution in [0.5, 0.6) is 0 Å². The summed E-state index contributed by atoms with van der Waals surface area (Å²) in [7, 11) is 0. The Morgan fingerprint density at radius 1 is 1.47 bits per heavy atom. The number of rotatable bonds is 3. The van der Waals surface area contributed by atoms with Gasteiger partial charge in [0.05, 0.1) is 0 Å². The van der Waals surface area contributed by atoms with Crippen LogP contribution in [0.4, 0.5) is 0 Å². The zero-order chi connectivity index (χ0) is 14.0. The molecule has 0 radical (unpaired) electrons. The molecule has 0 aliphatic carbocycles. The molecular formula is C14H19N3O2. The molecule has 102 valence electrons. The normalized spacial score (nSPS) is 18.3. The second kappa shape index (κ2) is 5.38. The van der Waals surface area contributed by atoms with Crippen LogP contribution in [0.3, 0.4) is 0 Å². The van der Waals surface area contributed by atoms with Crippen molar-refractivity contribution in [2.75, 3.05) is 13.1 Å². The molecule has 0 bridgehead atoms. The van der Waals surface area contributed by atoms with Gasteiger partial charge in [0.25, 0.3) is 5.91 Å². The first kappa shape index (κ1) is 13.5. The highest BCUT2D eigenvalue weighted by Crippen LogP contribution is 2.15. The van der Waals surface area contributed by atoms with Crippen molar-refractivity contribution >= 4 is 11.8 Å². The lowest BCUT2D eigenvalue weighted by Gasteiger charge is -2.25. The number of carbonyl (C=O) groups excluding carboxylic acids is 2. The van der Waals surface area contributed by atoms with Gasteiger partial charge in [-0.05, 0) is 44.4 Å². The molecule has 0 aromatic carbocycles. The van der Waals surface area contributed by atoms with Crippen LogP contribution in [-0.2, 0) is 4.79 Å². The molecular weight excluding hydrogens is 242 g/mol. The number of carbonyl (C=O) groups is 2. The summed E-state index contributed by atoms with van der Waals surface area (Å²) < 4.78 is 0. The third kappa shape index (κ3) is 2.59. The molecule has 1 fully saturated rings. The lowest BCUT2D eigenvalue weighted by Crippen LogP contribution is -2.44. The first-order valence-electron chi connectivity index (χ1n) is 6.56. The molecule has 2 heterocycles. The Morgan fingerprint density at radius 2 is 2.21 bits per heavy atom. The minimum absolute atomic E-state index is 0.0703. The van der Waals surface area contributed by atoms with Crippen LogP contribution in [0.1, 0.15) is 35.0 Å². The molecule has 5 heteroatoms. The highest BCUT2D eigenvalue weighted by atomic mass is 16.2. The summed E-state index contributed by atoms with van der Waals surface area (Å²) >= 11 is 0. The Hall–Kier alpha value is -1.91. The van der Waals surface area contributed by atoms with E-state index in [2.05, 4.69) is 10.3 Å². The van der Waals surface area contributed by atoms with Gasteiger partial charge in [-0.15, -0.1) is 0 Å². The van der Waals surface area contributed by atoms with Crippen LogP contribution in [-0.4, -0.2) is 40.8 Å². The number of nitrogens with one attached hydrogen (secondary N) is 1. The van der Waals surface area contributed by atoms with Gasteiger partial charge in [-0.25, -0.2) is 0 Å². The Balaban J connectivity index is 2.25. The van der Waals surface area contributed by atoms with Gasteiger partial charge < -0.3 is 10.2 Å². The summed E-state index contributed by atoms with van der Waals surface area (Å²) in [4.78, 5) is 29.9. The van der Waals surface area contributed by atoms with Gasteiger partial charge in [0, 0.05) is 19.3 Å². The summed E-state index contributed by atoms with van der Waals surface area (Å²) in [6.45, 7) is 6.93. The first-order valence-corrected chi connectivity index (χ1v) is 6.56. The Morgan fingerprint density at radius 3 is 2.74 bits per heavy atom. The minimum Gasteiger partial charge on any atom is -0.354 e. The van der Waals surface area contributed by atoms with Crippen molar-refractivity contribution in [1.29, 1.82) is 0 Å². The van der Waals surface area contributed by atoms with E-state index in [-0.39, 0.29) is 17.9 Å². The highest BCUT2D eigenvalue weighted by Gasteiger charge is 2.33. The highest BCUT2D eigenvalue weighted by molar-refractivity contribution is 5.96. The monoisotopic (exact) mass is 261 g/mol. The molecule has 1 aliphatic rings. The summed E-state index contributed by atoms with van der Waals surface area (Å²) in [5, 5.41) is 2.76. The molecule has 2 amide bonds. The van der Waals surface area contributed by atoms with E-state index in [0.717, 1.165) is 11.1 Å². The number of hydrogen-bond acceptors (Lipinski definition) is 3. The smallest absolute Gasteiger partial charge is 0.273 e. The molecule has 1 aromatic heterocycles. The predicted molar refractivity (Wildman–Crippen MR) is 71.8 cm³/mol. The summed E-state index contributed by atoms with van der Waals surface area (Å²) in [6, 6.07) is 1.42. The number of nitrogens with zero attached hydrogens (tertiary/aromatic N) is 2. The Labute approximate surface area is 113 Å². The third-order valence-electron chi connectivity index (χ3n) is 3.59. The van der Waals surface area contributed by atoms with Crippen molar-refractivity contribution in [3.8, 4) is 0 Å². The van der Waals surface area contributed by atoms with E-state index < -0.39 is 0 Å². The zero-order valence-electron chi connectivity index (χ0n) is 11.6. The fourth-order valence-electron chi connectivity index (χ4n) is 2.27. The van der Waals surface area contributed by atoms with Gasteiger partial charge >= 0.3 is 0 Å². The van der Waals surface area contributed by atoms with Crippen LogP contribution < -0.4 is 5.32 Å². The quantitative estimate of drug-likeness (QED) is 0.884. The molecule has 1 unspecified atom stereocenters.